The van der Waals surface area contributed by atoms with Gasteiger partial charge in [0.25, 0.3) is 0 Å². The van der Waals surface area contributed by atoms with Gasteiger partial charge >= 0.3 is 0 Å². The number of para-hydroxylation sites is 1. The highest BCUT2D eigenvalue weighted by atomic mass is 32.1. The Morgan fingerprint density at radius 2 is 1.57 bits per heavy atom. The van der Waals surface area contributed by atoms with Gasteiger partial charge < -0.3 is 14.5 Å². The number of hydrogen-bond acceptors (Lipinski definition) is 8. The molecular formula is C38H36N4O3S. The van der Waals surface area contributed by atoms with Crippen molar-refractivity contribution in [2.45, 2.75) is 45.6 Å². The zero-order valence-electron chi connectivity index (χ0n) is 26.1. The van der Waals surface area contributed by atoms with Crippen LogP contribution in [-0.2, 0) is 12.8 Å². The predicted molar refractivity (Wildman–Crippen MR) is 183 cm³/mol. The van der Waals surface area contributed by atoms with Gasteiger partial charge in [-0.25, -0.2) is 4.98 Å². The minimum atomic E-state index is -0.152. The Kier molecular flexibility index (Phi) is 9.65. The smallest absolute Gasteiger partial charge is 0.226 e. The third kappa shape index (κ3) is 7.41. The molecule has 0 fully saturated rings. The Balaban J connectivity index is 1.18. The Labute approximate surface area is 273 Å². The van der Waals surface area contributed by atoms with E-state index < -0.39 is 0 Å². The lowest BCUT2D eigenvalue weighted by atomic mass is 9.99. The third-order valence-corrected chi connectivity index (χ3v) is 8.94. The van der Waals surface area contributed by atoms with E-state index in [1.807, 2.05) is 104 Å². The summed E-state index contributed by atoms with van der Waals surface area (Å²) in [6.45, 7) is 6.65. The summed E-state index contributed by atoms with van der Waals surface area (Å²) < 4.78 is 12.0. The molecule has 1 atom stereocenters. The Hall–Kier alpha value is -5.08. The average molecular weight is 629 g/mol. The summed E-state index contributed by atoms with van der Waals surface area (Å²) in [5, 5.41) is 14.5. The predicted octanol–water partition coefficient (Wildman–Crippen LogP) is 8.87. The molecule has 2 aromatic heterocycles. The normalized spacial score (nSPS) is 11.8. The number of aromatic nitrogens is 3. The number of benzene rings is 4. The first-order valence-electron chi connectivity index (χ1n) is 15.5. The largest absolute Gasteiger partial charge is 0.493 e. The molecule has 0 spiro atoms. The van der Waals surface area contributed by atoms with Crippen molar-refractivity contribution in [2.24, 2.45) is 0 Å². The van der Waals surface area contributed by atoms with Crippen LogP contribution in [0.4, 0.5) is 5.69 Å². The quantitative estimate of drug-likeness (QED) is 0.128. The molecule has 0 aliphatic heterocycles. The lowest BCUT2D eigenvalue weighted by Crippen LogP contribution is -2.16. The average Bonchev–Trinajstić information content (AvgIpc) is 3.72. The van der Waals surface area contributed by atoms with Crippen molar-refractivity contribution in [2.75, 3.05) is 11.9 Å². The molecule has 0 saturated heterocycles. The van der Waals surface area contributed by atoms with Crippen molar-refractivity contribution in [3.05, 3.63) is 147 Å². The molecule has 0 bridgehead atoms. The van der Waals surface area contributed by atoms with Crippen LogP contribution < -0.4 is 10.1 Å². The first kappa shape index (κ1) is 30.9. The fourth-order valence-corrected chi connectivity index (χ4v) is 6.07. The zero-order chi connectivity index (χ0) is 31.9. The van der Waals surface area contributed by atoms with E-state index in [4.69, 9.17) is 14.1 Å². The molecule has 2 heterocycles. The minimum Gasteiger partial charge on any atom is -0.493 e. The molecule has 0 amide bonds. The number of rotatable bonds is 13. The van der Waals surface area contributed by atoms with E-state index in [0.29, 0.717) is 42.4 Å². The van der Waals surface area contributed by atoms with E-state index in [0.717, 1.165) is 44.0 Å². The van der Waals surface area contributed by atoms with Gasteiger partial charge in [0.1, 0.15) is 21.5 Å². The summed E-state index contributed by atoms with van der Waals surface area (Å²) >= 11 is 1.63. The molecule has 0 saturated carbocycles. The summed E-state index contributed by atoms with van der Waals surface area (Å²) in [4.78, 5) is 18.2. The van der Waals surface area contributed by atoms with Crippen molar-refractivity contribution in [1.82, 2.24) is 15.2 Å². The second-order valence-electron chi connectivity index (χ2n) is 11.4. The first-order valence-corrected chi connectivity index (χ1v) is 16.3. The Morgan fingerprint density at radius 1 is 0.870 bits per heavy atom. The standard InChI is InChI=1S/C38H36N4O3S/c1-25(2)38-42-41-35(46-38)24-34(39-33-17-11-10-16-31(33)36(43)28-12-6-4-7-13-28)27-18-20-30(21-19-27)44-23-22-32-26(3)45-37(40-32)29-14-8-5-9-15-29/h4-21,25,34,39H,22-24H2,1-3H3. The van der Waals surface area contributed by atoms with Crippen molar-refractivity contribution in [3.63, 3.8) is 0 Å². The van der Waals surface area contributed by atoms with Gasteiger partial charge in [0.05, 0.1) is 18.3 Å². The van der Waals surface area contributed by atoms with E-state index in [2.05, 4.69) is 41.5 Å². The summed E-state index contributed by atoms with van der Waals surface area (Å²) in [5.41, 5.74) is 4.94. The molecule has 0 radical (unpaired) electrons. The first-order chi connectivity index (χ1) is 22.4. The number of aryl methyl sites for hydroxylation is 1. The fourth-order valence-electron chi connectivity index (χ4n) is 5.18. The monoisotopic (exact) mass is 628 g/mol. The fraction of sp³-hybridized carbons (Fsp3) is 0.211. The van der Waals surface area contributed by atoms with Gasteiger partial charge in [0.2, 0.25) is 5.89 Å². The highest BCUT2D eigenvalue weighted by Gasteiger charge is 2.20. The van der Waals surface area contributed by atoms with Crippen LogP contribution in [0.1, 0.15) is 68.8 Å². The number of hydrogen-bond donors (Lipinski definition) is 1. The zero-order valence-corrected chi connectivity index (χ0v) is 27.0. The molecule has 1 N–H and O–H groups in total. The molecule has 4 aromatic carbocycles. The van der Waals surface area contributed by atoms with Crippen LogP contribution in [0.25, 0.3) is 11.5 Å². The summed E-state index contributed by atoms with van der Waals surface area (Å²) in [5.74, 6) is 2.48. The van der Waals surface area contributed by atoms with Gasteiger partial charge in [-0.3, -0.25) is 4.79 Å². The molecule has 46 heavy (non-hydrogen) atoms. The highest BCUT2D eigenvalue weighted by molar-refractivity contribution is 7.11. The van der Waals surface area contributed by atoms with Crippen molar-refractivity contribution in [1.29, 1.82) is 0 Å². The van der Waals surface area contributed by atoms with Crippen LogP contribution in [0.3, 0.4) is 0 Å². The van der Waals surface area contributed by atoms with Gasteiger partial charge in [0, 0.05) is 41.1 Å². The molecule has 1 unspecified atom stereocenters. The summed E-state index contributed by atoms with van der Waals surface area (Å²) in [6, 6.07) is 34.9. The van der Waals surface area contributed by atoms with E-state index in [9.17, 15) is 4.79 Å². The highest BCUT2D eigenvalue weighted by Crippen LogP contribution is 2.30. The van der Waals surface area contributed by atoms with Gasteiger partial charge in [-0.15, -0.1) is 21.5 Å². The van der Waals surface area contributed by atoms with Gasteiger partial charge in [-0.05, 0) is 48.9 Å². The number of ketones is 1. The van der Waals surface area contributed by atoms with E-state index in [1.54, 1.807) is 11.3 Å². The third-order valence-electron chi connectivity index (χ3n) is 7.70. The number of oxazole rings is 1. The van der Waals surface area contributed by atoms with Crippen LogP contribution in [-0.4, -0.2) is 27.6 Å². The lowest BCUT2D eigenvalue weighted by Gasteiger charge is -2.22. The Morgan fingerprint density at radius 3 is 2.28 bits per heavy atom. The summed E-state index contributed by atoms with van der Waals surface area (Å²) in [7, 11) is 0. The van der Waals surface area contributed by atoms with Gasteiger partial charge in [0.15, 0.2) is 5.78 Å². The van der Waals surface area contributed by atoms with E-state index in [1.165, 1.54) is 0 Å². The van der Waals surface area contributed by atoms with Crippen LogP contribution in [0, 0.1) is 6.92 Å². The number of anilines is 1. The molecule has 0 aliphatic rings. The topological polar surface area (TPSA) is 90.1 Å². The number of nitrogens with zero attached hydrogens (tertiary/aromatic N) is 3. The lowest BCUT2D eigenvalue weighted by molar-refractivity contribution is 0.103. The molecule has 0 aliphatic carbocycles. The maximum Gasteiger partial charge on any atom is 0.226 e. The van der Waals surface area contributed by atoms with Crippen molar-refractivity contribution in [3.8, 4) is 17.2 Å². The Bertz CT molecular complexity index is 1880. The van der Waals surface area contributed by atoms with Crippen LogP contribution >= 0.6 is 11.3 Å². The SMILES string of the molecule is Cc1oc(-c2ccccc2)nc1CCOc1ccc(C(Cc2nnc(C(C)C)s2)Nc2ccccc2C(=O)c2ccccc2)cc1. The van der Waals surface area contributed by atoms with E-state index >= 15 is 0 Å². The molecule has 7 nitrogen and oxygen atoms in total. The van der Waals surface area contributed by atoms with Crippen LogP contribution in [0.5, 0.6) is 5.75 Å². The van der Waals surface area contributed by atoms with Crippen molar-refractivity contribution >= 4 is 22.8 Å². The van der Waals surface area contributed by atoms with Crippen LogP contribution in [0.15, 0.2) is 114 Å². The molecule has 8 heteroatoms. The molecule has 232 valence electrons. The molecule has 6 aromatic rings. The number of carbonyl (C=O) groups is 1. The number of nitrogens with one attached hydrogen (secondary N) is 1. The van der Waals surface area contributed by atoms with Crippen molar-refractivity contribution < 1.29 is 13.9 Å². The van der Waals surface area contributed by atoms with Crippen LogP contribution in [0.2, 0.25) is 0 Å². The number of carbonyl (C=O) groups excluding carboxylic acids is 1. The van der Waals surface area contributed by atoms with Gasteiger partial charge in [-0.2, -0.15) is 0 Å². The summed E-state index contributed by atoms with van der Waals surface area (Å²) in [6.07, 6.45) is 1.25. The second kappa shape index (κ2) is 14.3. The number of ether oxygens (including phenoxy) is 1. The minimum absolute atomic E-state index is 0.0255. The maximum absolute atomic E-state index is 13.5. The second-order valence-corrected chi connectivity index (χ2v) is 12.5. The van der Waals surface area contributed by atoms with E-state index in [-0.39, 0.29) is 11.8 Å². The molecule has 6 rings (SSSR count). The molecular weight excluding hydrogens is 593 g/mol. The maximum atomic E-state index is 13.5. The van der Waals surface area contributed by atoms with Gasteiger partial charge in [-0.1, -0.05) is 86.6 Å².